The highest BCUT2D eigenvalue weighted by molar-refractivity contribution is 5.79. The molecule has 0 unspecified atom stereocenters. The number of aryl methyl sites for hydroxylation is 1. The lowest BCUT2D eigenvalue weighted by Gasteiger charge is -2.19. The maximum Gasteiger partial charge on any atom is 0.422 e. The lowest BCUT2D eigenvalue weighted by molar-refractivity contribution is -0.153. The average Bonchev–Trinajstić information content (AvgIpc) is 3.43. The first-order valence-corrected chi connectivity index (χ1v) is 10.2. The summed E-state index contributed by atoms with van der Waals surface area (Å²) in [6.07, 6.45) is -1.03. The summed E-state index contributed by atoms with van der Waals surface area (Å²) in [7, 11) is 0. The van der Waals surface area contributed by atoms with Gasteiger partial charge in [0.1, 0.15) is 5.75 Å². The Morgan fingerprint density at radius 3 is 2.59 bits per heavy atom. The van der Waals surface area contributed by atoms with Crippen molar-refractivity contribution in [1.82, 2.24) is 10.6 Å². The van der Waals surface area contributed by atoms with Gasteiger partial charge in [-0.2, -0.15) is 13.2 Å². The number of hydrogen-bond donors (Lipinski definition) is 2. The summed E-state index contributed by atoms with van der Waals surface area (Å²) in [5.74, 6) is 0.870. The molecule has 0 spiro atoms. The molecule has 5 nitrogen and oxygen atoms in total. The zero-order valence-corrected chi connectivity index (χ0v) is 17.5. The Kier molecular flexibility index (Phi) is 8.61. The van der Waals surface area contributed by atoms with Crippen molar-refractivity contribution in [2.24, 2.45) is 10.4 Å². The number of guanidine groups is 1. The van der Waals surface area contributed by atoms with Crippen LogP contribution in [-0.2, 0) is 11.3 Å². The van der Waals surface area contributed by atoms with Crippen molar-refractivity contribution < 1.29 is 22.6 Å². The molecule has 8 heteroatoms. The fourth-order valence-electron chi connectivity index (χ4n) is 2.99. The van der Waals surface area contributed by atoms with E-state index in [1.807, 2.05) is 26.8 Å². The molecule has 0 aromatic heterocycles. The molecule has 0 radical (unpaired) electrons. The minimum absolute atomic E-state index is 0.220. The van der Waals surface area contributed by atoms with Crippen molar-refractivity contribution in [2.75, 3.05) is 32.9 Å². The van der Waals surface area contributed by atoms with Crippen LogP contribution in [0.2, 0.25) is 0 Å². The molecular formula is C21H32F3N3O2. The summed E-state index contributed by atoms with van der Waals surface area (Å²) in [6, 6.07) is 5.22. The second kappa shape index (κ2) is 10.7. The number of hydrogen-bond acceptors (Lipinski definition) is 3. The number of halogens is 3. The highest BCUT2D eigenvalue weighted by Crippen LogP contribution is 2.48. The Labute approximate surface area is 171 Å². The first-order chi connectivity index (χ1) is 13.8. The highest BCUT2D eigenvalue weighted by atomic mass is 19.4. The molecule has 29 heavy (non-hydrogen) atoms. The monoisotopic (exact) mass is 415 g/mol. The Morgan fingerprint density at radius 2 is 1.97 bits per heavy atom. The van der Waals surface area contributed by atoms with E-state index in [-0.39, 0.29) is 17.7 Å². The van der Waals surface area contributed by atoms with Crippen molar-refractivity contribution >= 4 is 5.96 Å². The quantitative estimate of drug-likeness (QED) is 0.323. The van der Waals surface area contributed by atoms with Gasteiger partial charge >= 0.3 is 6.18 Å². The molecule has 1 fully saturated rings. The van der Waals surface area contributed by atoms with Gasteiger partial charge in [-0.3, -0.25) is 0 Å². The van der Waals surface area contributed by atoms with Gasteiger partial charge < -0.3 is 20.1 Å². The fourth-order valence-corrected chi connectivity index (χ4v) is 2.99. The van der Waals surface area contributed by atoms with E-state index >= 15 is 0 Å². The maximum atomic E-state index is 12.5. The first kappa shape index (κ1) is 23.3. The molecular weight excluding hydrogens is 383 g/mol. The Hall–Kier alpha value is -1.96. The molecule has 2 rings (SSSR count). The van der Waals surface area contributed by atoms with Gasteiger partial charge in [-0.25, -0.2) is 4.99 Å². The van der Waals surface area contributed by atoms with Crippen molar-refractivity contribution in [3.05, 3.63) is 29.3 Å². The van der Waals surface area contributed by atoms with E-state index in [1.54, 1.807) is 12.1 Å². The summed E-state index contributed by atoms with van der Waals surface area (Å²) >= 11 is 0. The lowest BCUT2D eigenvalue weighted by Crippen LogP contribution is -2.40. The minimum Gasteiger partial charge on any atom is -0.484 e. The third kappa shape index (κ3) is 8.51. The molecule has 0 heterocycles. The van der Waals surface area contributed by atoms with Crippen LogP contribution in [0.5, 0.6) is 5.75 Å². The normalized spacial score (nSPS) is 15.9. The molecule has 0 saturated heterocycles. The first-order valence-electron chi connectivity index (χ1n) is 10.2. The van der Waals surface area contributed by atoms with Gasteiger partial charge in [0, 0.05) is 31.9 Å². The van der Waals surface area contributed by atoms with E-state index in [1.165, 1.54) is 12.8 Å². The van der Waals surface area contributed by atoms with Crippen LogP contribution in [0.3, 0.4) is 0 Å². The summed E-state index contributed by atoms with van der Waals surface area (Å²) < 4.78 is 48.1. The molecule has 0 amide bonds. The van der Waals surface area contributed by atoms with Crippen LogP contribution >= 0.6 is 0 Å². The number of nitrogens with zero attached hydrogens (tertiary/aromatic N) is 1. The van der Waals surface area contributed by atoms with Crippen LogP contribution in [0.15, 0.2) is 23.2 Å². The molecule has 1 aliphatic rings. The number of rotatable bonds is 11. The predicted molar refractivity (Wildman–Crippen MR) is 108 cm³/mol. The number of ether oxygens (including phenoxy) is 2. The standard InChI is InChI=1S/C21H32F3N3O2/c1-4-25-19(27-14-20(8-9-20)10-11-28-5-2)26-13-17-7-6-16(3)12-18(17)29-15-21(22,23)24/h6-7,12H,4-5,8-11,13-15H2,1-3H3,(H2,25,26,27). The van der Waals surface area contributed by atoms with E-state index in [0.29, 0.717) is 18.1 Å². The third-order valence-corrected chi connectivity index (χ3v) is 4.93. The van der Waals surface area contributed by atoms with E-state index in [9.17, 15) is 13.2 Å². The number of aliphatic imine (C=N–C) groups is 1. The fraction of sp³-hybridized carbons (Fsp3) is 0.667. The summed E-state index contributed by atoms with van der Waals surface area (Å²) in [5, 5.41) is 6.56. The third-order valence-electron chi connectivity index (χ3n) is 4.93. The van der Waals surface area contributed by atoms with E-state index in [2.05, 4.69) is 15.6 Å². The minimum atomic E-state index is -4.37. The second-order valence-corrected chi connectivity index (χ2v) is 7.51. The smallest absolute Gasteiger partial charge is 0.422 e. The van der Waals surface area contributed by atoms with Gasteiger partial charge in [0.05, 0.1) is 6.54 Å². The van der Waals surface area contributed by atoms with Crippen LogP contribution in [0.25, 0.3) is 0 Å². The number of benzene rings is 1. The van der Waals surface area contributed by atoms with Crippen LogP contribution in [0.1, 0.15) is 44.2 Å². The Balaban J connectivity index is 1.99. The molecule has 0 atom stereocenters. The topological polar surface area (TPSA) is 54.9 Å². The molecule has 164 valence electrons. The molecule has 0 bridgehead atoms. The van der Waals surface area contributed by atoms with Crippen molar-refractivity contribution in [3.8, 4) is 5.75 Å². The van der Waals surface area contributed by atoms with E-state index in [4.69, 9.17) is 9.47 Å². The molecule has 2 N–H and O–H groups in total. The van der Waals surface area contributed by atoms with Crippen molar-refractivity contribution in [2.45, 2.75) is 52.8 Å². The summed E-state index contributed by atoms with van der Waals surface area (Å²) in [5.41, 5.74) is 1.72. The largest absolute Gasteiger partial charge is 0.484 e. The van der Waals surface area contributed by atoms with Gasteiger partial charge in [0.25, 0.3) is 0 Å². The van der Waals surface area contributed by atoms with E-state index < -0.39 is 12.8 Å². The van der Waals surface area contributed by atoms with Crippen LogP contribution < -0.4 is 15.4 Å². The van der Waals surface area contributed by atoms with Gasteiger partial charge in [-0.15, -0.1) is 0 Å². The molecule has 0 aliphatic heterocycles. The van der Waals surface area contributed by atoms with Crippen molar-refractivity contribution in [3.63, 3.8) is 0 Å². The lowest BCUT2D eigenvalue weighted by atomic mass is 10.0. The average molecular weight is 416 g/mol. The molecule has 1 aromatic rings. The predicted octanol–water partition coefficient (Wildman–Crippen LogP) is 4.20. The summed E-state index contributed by atoms with van der Waals surface area (Å²) in [6.45, 7) is 7.69. The number of nitrogens with one attached hydrogen (secondary N) is 2. The highest BCUT2D eigenvalue weighted by Gasteiger charge is 2.41. The molecule has 1 aliphatic carbocycles. The van der Waals surface area contributed by atoms with Gasteiger partial charge in [-0.05, 0) is 57.1 Å². The zero-order chi connectivity index (χ0) is 21.3. The van der Waals surface area contributed by atoms with Gasteiger partial charge in [-0.1, -0.05) is 12.1 Å². The van der Waals surface area contributed by atoms with Crippen LogP contribution in [0, 0.1) is 12.3 Å². The Morgan fingerprint density at radius 1 is 1.21 bits per heavy atom. The number of alkyl halides is 3. The summed E-state index contributed by atoms with van der Waals surface area (Å²) in [4.78, 5) is 4.55. The van der Waals surface area contributed by atoms with Gasteiger partial charge in [0.15, 0.2) is 12.6 Å². The molecule has 1 aromatic carbocycles. The van der Waals surface area contributed by atoms with Crippen LogP contribution in [-0.4, -0.2) is 45.0 Å². The zero-order valence-electron chi connectivity index (χ0n) is 17.5. The molecule has 1 saturated carbocycles. The maximum absolute atomic E-state index is 12.5. The van der Waals surface area contributed by atoms with Crippen molar-refractivity contribution in [1.29, 1.82) is 0 Å². The van der Waals surface area contributed by atoms with Gasteiger partial charge in [0.2, 0.25) is 0 Å². The van der Waals surface area contributed by atoms with E-state index in [0.717, 1.165) is 31.7 Å². The Bertz CT molecular complexity index is 674. The SMILES string of the molecule is CCNC(=NCc1ccc(C)cc1OCC(F)(F)F)NCC1(CCOCC)CC1. The second-order valence-electron chi connectivity index (χ2n) is 7.51. The van der Waals surface area contributed by atoms with Crippen LogP contribution in [0.4, 0.5) is 13.2 Å².